The molecule has 5 rings (SSSR count). The van der Waals surface area contributed by atoms with Crippen LogP contribution in [0.25, 0.3) is 16.9 Å². The predicted octanol–water partition coefficient (Wildman–Crippen LogP) is 4.00. The van der Waals surface area contributed by atoms with Crippen molar-refractivity contribution in [2.45, 2.75) is 19.4 Å². The van der Waals surface area contributed by atoms with Gasteiger partial charge in [-0.15, -0.1) is 0 Å². The van der Waals surface area contributed by atoms with E-state index in [1.165, 1.54) is 12.1 Å². The summed E-state index contributed by atoms with van der Waals surface area (Å²) >= 11 is 0. The smallest absolute Gasteiger partial charge is 0.225 e. The number of nitrogens with zero attached hydrogens (tertiary/aromatic N) is 5. The Morgan fingerprint density at radius 1 is 1.09 bits per heavy atom. The molecule has 1 unspecified atom stereocenters. The van der Waals surface area contributed by atoms with Gasteiger partial charge in [0.1, 0.15) is 11.6 Å². The van der Waals surface area contributed by atoms with Crippen molar-refractivity contribution < 1.29 is 9.18 Å². The number of rotatable bonds is 6. The Morgan fingerprint density at radius 2 is 1.91 bits per heavy atom. The summed E-state index contributed by atoms with van der Waals surface area (Å²) in [6, 6.07) is 16.0. The van der Waals surface area contributed by atoms with Gasteiger partial charge in [0.15, 0.2) is 0 Å². The van der Waals surface area contributed by atoms with Crippen LogP contribution in [0.15, 0.2) is 79.4 Å². The molecule has 8 heteroatoms. The van der Waals surface area contributed by atoms with Crippen LogP contribution in [-0.4, -0.2) is 38.7 Å². The molecule has 0 spiro atoms. The zero-order chi connectivity index (χ0) is 23.3. The van der Waals surface area contributed by atoms with Crippen LogP contribution < -0.4 is 10.2 Å². The van der Waals surface area contributed by atoms with Gasteiger partial charge in [-0.2, -0.15) is 5.10 Å². The maximum absolute atomic E-state index is 13.5. The van der Waals surface area contributed by atoms with E-state index in [4.69, 9.17) is 5.10 Å². The number of amides is 1. The SMILES string of the molecule is O=C(NCc1cn(-c2ccccc2)nc1-c1ccc(F)cc1)C1CCCN(c2cnccn2)C1. The third-order valence-electron chi connectivity index (χ3n) is 6.05. The number of carbonyl (C=O) groups excluding carboxylic acids is 1. The molecular formula is C26H25FN6O. The third-order valence-corrected chi connectivity index (χ3v) is 6.05. The third kappa shape index (κ3) is 4.80. The summed E-state index contributed by atoms with van der Waals surface area (Å²) < 4.78 is 15.3. The topological polar surface area (TPSA) is 75.9 Å². The van der Waals surface area contributed by atoms with Gasteiger partial charge in [0.25, 0.3) is 0 Å². The van der Waals surface area contributed by atoms with Crippen LogP contribution in [-0.2, 0) is 11.3 Å². The lowest BCUT2D eigenvalue weighted by molar-refractivity contribution is -0.125. The molecule has 0 aliphatic carbocycles. The number of nitrogens with one attached hydrogen (secondary N) is 1. The van der Waals surface area contributed by atoms with Crippen molar-refractivity contribution in [1.82, 2.24) is 25.1 Å². The number of halogens is 1. The summed E-state index contributed by atoms with van der Waals surface area (Å²) in [6.07, 6.45) is 8.71. The van der Waals surface area contributed by atoms with E-state index in [2.05, 4.69) is 20.2 Å². The van der Waals surface area contributed by atoms with Crippen LogP contribution in [0.4, 0.5) is 10.2 Å². The molecule has 4 aromatic rings. The average molecular weight is 457 g/mol. The lowest BCUT2D eigenvalue weighted by Crippen LogP contribution is -2.43. The standard InChI is InChI=1S/C26H25FN6O/c27-22-10-8-19(9-11-22)25-21(18-33(31-25)23-6-2-1-3-7-23)15-30-26(34)20-5-4-14-32(17-20)24-16-28-12-13-29-24/h1-3,6-13,16,18,20H,4-5,14-15,17H2,(H,30,34). The van der Waals surface area contributed by atoms with Crippen molar-refractivity contribution in [3.05, 3.63) is 90.8 Å². The summed E-state index contributed by atoms with van der Waals surface area (Å²) in [6.45, 7) is 1.81. The van der Waals surface area contributed by atoms with Gasteiger partial charge in [-0.25, -0.2) is 14.1 Å². The van der Waals surface area contributed by atoms with Crippen LogP contribution in [0, 0.1) is 11.7 Å². The van der Waals surface area contributed by atoms with Crippen molar-refractivity contribution in [2.75, 3.05) is 18.0 Å². The van der Waals surface area contributed by atoms with Gasteiger partial charge in [0, 0.05) is 49.4 Å². The number of carbonyl (C=O) groups is 1. The molecule has 34 heavy (non-hydrogen) atoms. The second-order valence-corrected chi connectivity index (χ2v) is 8.36. The van der Waals surface area contributed by atoms with Crippen molar-refractivity contribution in [3.8, 4) is 16.9 Å². The first-order chi connectivity index (χ1) is 16.7. The number of para-hydroxylation sites is 1. The maximum atomic E-state index is 13.5. The minimum atomic E-state index is -0.300. The molecule has 1 N–H and O–H groups in total. The van der Waals surface area contributed by atoms with Gasteiger partial charge < -0.3 is 10.2 Å². The maximum Gasteiger partial charge on any atom is 0.225 e. The summed E-state index contributed by atoms with van der Waals surface area (Å²) in [5, 5.41) is 7.84. The molecule has 172 valence electrons. The van der Waals surface area contributed by atoms with E-state index >= 15 is 0 Å². The number of benzene rings is 2. The van der Waals surface area contributed by atoms with Crippen LogP contribution in [0.3, 0.4) is 0 Å². The average Bonchev–Trinajstić information content (AvgIpc) is 3.33. The minimum absolute atomic E-state index is 0.00566. The number of anilines is 1. The van der Waals surface area contributed by atoms with Crippen LogP contribution >= 0.6 is 0 Å². The first-order valence-electron chi connectivity index (χ1n) is 11.4. The minimum Gasteiger partial charge on any atom is -0.355 e. The van der Waals surface area contributed by atoms with Crippen LogP contribution in [0.1, 0.15) is 18.4 Å². The van der Waals surface area contributed by atoms with Gasteiger partial charge in [-0.05, 0) is 49.2 Å². The van der Waals surface area contributed by atoms with E-state index in [0.717, 1.165) is 42.0 Å². The largest absolute Gasteiger partial charge is 0.355 e. The molecule has 1 aliphatic heterocycles. The Kier molecular flexibility index (Phi) is 6.29. The van der Waals surface area contributed by atoms with E-state index in [-0.39, 0.29) is 17.6 Å². The normalized spacial score (nSPS) is 15.8. The Bertz CT molecular complexity index is 1240. The van der Waals surface area contributed by atoms with Crippen molar-refractivity contribution in [2.24, 2.45) is 5.92 Å². The van der Waals surface area contributed by atoms with Crippen molar-refractivity contribution in [1.29, 1.82) is 0 Å². The highest BCUT2D eigenvalue weighted by Gasteiger charge is 2.27. The van der Waals surface area contributed by atoms with E-state index in [1.54, 1.807) is 35.4 Å². The van der Waals surface area contributed by atoms with E-state index in [9.17, 15) is 9.18 Å². The first kappa shape index (κ1) is 21.8. The van der Waals surface area contributed by atoms with Gasteiger partial charge in [0.2, 0.25) is 5.91 Å². The molecule has 0 radical (unpaired) electrons. The number of hydrogen-bond donors (Lipinski definition) is 1. The van der Waals surface area contributed by atoms with E-state index in [0.29, 0.717) is 18.8 Å². The number of hydrogen-bond acceptors (Lipinski definition) is 5. The quantitative estimate of drug-likeness (QED) is 0.475. The highest BCUT2D eigenvalue weighted by molar-refractivity contribution is 5.80. The Morgan fingerprint density at radius 3 is 2.68 bits per heavy atom. The Hall–Kier alpha value is -4.07. The molecule has 2 aromatic heterocycles. The van der Waals surface area contributed by atoms with Crippen LogP contribution in [0.2, 0.25) is 0 Å². The second kappa shape index (κ2) is 9.82. The first-order valence-corrected chi connectivity index (χ1v) is 11.4. The molecule has 0 saturated carbocycles. The Labute approximate surface area is 197 Å². The molecule has 7 nitrogen and oxygen atoms in total. The molecule has 1 amide bonds. The molecule has 3 heterocycles. The molecule has 1 aliphatic rings. The summed E-state index contributed by atoms with van der Waals surface area (Å²) in [5.41, 5.74) is 3.29. The highest BCUT2D eigenvalue weighted by atomic mass is 19.1. The monoisotopic (exact) mass is 456 g/mol. The zero-order valence-corrected chi connectivity index (χ0v) is 18.6. The van der Waals surface area contributed by atoms with Gasteiger partial charge in [0.05, 0.1) is 23.5 Å². The van der Waals surface area contributed by atoms with Crippen molar-refractivity contribution in [3.63, 3.8) is 0 Å². The lowest BCUT2D eigenvalue weighted by atomic mass is 9.97. The Balaban J connectivity index is 1.33. The van der Waals surface area contributed by atoms with Crippen LogP contribution in [0.5, 0.6) is 0 Å². The fourth-order valence-corrected chi connectivity index (χ4v) is 4.28. The zero-order valence-electron chi connectivity index (χ0n) is 18.6. The fourth-order valence-electron chi connectivity index (χ4n) is 4.28. The fraction of sp³-hybridized carbons (Fsp3) is 0.231. The van der Waals surface area contributed by atoms with E-state index < -0.39 is 0 Å². The number of piperidine rings is 1. The van der Waals surface area contributed by atoms with Gasteiger partial charge >= 0.3 is 0 Å². The summed E-state index contributed by atoms with van der Waals surface area (Å²) in [7, 11) is 0. The lowest BCUT2D eigenvalue weighted by Gasteiger charge is -2.32. The molecule has 1 saturated heterocycles. The molecule has 2 aromatic carbocycles. The second-order valence-electron chi connectivity index (χ2n) is 8.36. The molecule has 1 fully saturated rings. The molecule has 0 bridgehead atoms. The number of aromatic nitrogens is 4. The summed E-state index contributed by atoms with van der Waals surface area (Å²) in [4.78, 5) is 23.7. The molecule has 1 atom stereocenters. The van der Waals surface area contributed by atoms with E-state index in [1.807, 2.05) is 36.5 Å². The predicted molar refractivity (Wildman–Crippen MR) is 128 cm³/mol. The van der Waals surface area contributed by atoms with Gasteiger partial charge in [-0.3, -0.25) is 9.78 Å². The summed E-state index contributed by atoms with van der Waals surface area (Å²) in [5.74, 6) is 0.370. The molecular weight excluding hydrogens is 431 g/mol. The highest BCUT2D eigenvalue weighted by Crippen LogP contribution is 2.25. The van der Waals surface area contributed by atoms with Crippen molar-refractivity contribution >= 4 is 11.7 Å². The van der Waals surface area contributed by atoms with Gasteiger partial charge in [-0.1, -0.05) is 18.2 Å².